The predicted molar refractivity (Wildman–Crippen MR) is 87.2 cm³/mol. The number of nitrogens with zero attached hydrogens (tertiary/aromatic N) is 2. The third-order valence-electron chi connectivity index (χ3n) is 3.90. The van der Waals surface area contributed by atoms with Gasteiger partial charge in [0.25, 0.3) is 0 Å². The van der Waals surface area contributed by atoms with E-state index in [1.807, 2.05) is 23.1 Å². The molecule has 0 fully saturated rings. The van der Waals surface area contributed by atoms with Gasteiger partial charge in [0.15, 0.2) is 0 Å². The second kappa shape index (κ2) is 6.36. The Morgan fingerprint density at radius 1 is 1.17 bits per heavy atom. The quantitative estimate of drug-likeness (QED) is 0.845. The summed E-state index contributed by atoms with van der Waals surface area (Å²) >= 11 is 5.99. The molecule has 0 bridgehead atoms. The Balaban J connectivity index is 1.78. The van der Waals surface area contributed by atoms with E-state index in [9.17, 15) is 18.3 Å². The first-order valence-corrected chi connectivity index (χ1v) is 7.68. The van der Waals surface area contributed by atoms with Crippen LogP contribution in [0, 0.1) is 0 Å². The zero-order chi connectivity index (χ0) is 17.3. The monoisotopic (exact) mass is 354 g/mol. The highest BCUT2D eigenvalue weighted by atomic mass is 35.5. The van der Waals surface area contributed by atoms with Crippen molar-refractivity contribution in [3.05, 3.63) is 58.8 Å². The number of anilines is 1. The molecule has 126 valence electrons. The standard InChI is InChI=1S/C17H14ClF3N2O/c18-15-9-13(17(19,20)21)10-22-16(15)23-7-5-12(6-8-23)11-1-3-14(24)4-2-11/h1-5,9-10,24H,6-8H2. The van der Waals surface area contributed by atoms with Crippen molar-refractivity contribution in [2.75, 3.05) is 18.0 Å². The first kappa shape index (κ1) is 16.6. The molecule has 0 spiro atoms. The first-order valence-electron chi connectivity index (χ1n) is 7.31. The fourth-order valence-electron chi connectivity index (χ4n) is 2.62. The van der Waals surface area contributed by atoms with Crippen molar-refractivity contribution in [1.82, 2.24) is 4.98 Å². The summed E-state index contributed by atoms with van der Waals surface area (Å²) in [5, 5.41) is 9.32. The van der Waals surface area contributed by atoms with Gasteiger partial charge >= 0.3 is 6.18 Å². The lowest BCUT2D eigenvalue weighted by Crippen LogP contribution is -2.29. The van der Waals surface area contributed by atoms with E-state index in [1.165, 1.54) is 0 Å². The average molecular weight is 355 g/mol. The molecular formula is C17H14ClF3N2O. The van der Waals surface area contributed by atoms with Crippen LogP contribution in [0.5, 0.6) is 5.75 Å². The van der Waals surface area contributed by atoms with Gasteiger partial charge in [-0.25, -0.2) is 4.98 Å². The number of phenolic OH excluding ortho intramolecular Hbond substituents is 1. The molecule has 3 rings (SSSR count). The molecule has 1 aromatic heterocycles. The zero-order valence-corrected chi connectivity index (χ0v) is 13.3. The molecule has 0 atom stereocenters. The highest BCUT2D eigenvalue weighted by molar-refractivity contribution is 6.33. The highest BCUT2D eigenvalue weighted by Crippen LogP contribution is 2.34. The lowest BCUT2D eigenvalue weighted by Gasteiger charge is -2.28. The maximum absolute atomic E-state index is 12.7. The molecule has 1 aromatic carbocycles. The van der Waals surface area contributed by atoms with Gasteiger partial charge in [-0.1, -0.05) is 29.8 Å². The number of halogens is 4. The van der Waals surface area contributed by atoms with Gasteiger partial charge < -0.3 is 10.0 Å². The summed E-state index contributed by atoms with van der Waals surface area (Å²) in [7, 11) is 0. The van der Waals surface area contributed by atoms with E-state index < -0.39 is 11.7 Å². The zero-order valence-electron chi connectivity index (χ0n) is 12.5. The van der Waals surface area contributed by atoms with Gasteiger partial charge in [0, 0.05) is 19.3 Å². The summed E-state index contributed by atoms with van der Waals surface area (Å²) in [6.07, 6.45) is -0.946. The van der Waals surface area contributed by atoms with E-state index in [2.05, 4.69) is 4.98 Å². The van der Waals surface area contributed by atoms with Crippen molar-refractivity contribution in [3.63, 3.8) is 0 Å². The lowest BCUT2D eigenvalue weighted by atomic mass is 9.99. The van der Waals surface area contributed by atoms with Crippen molar-refractivity contribution in [2.24, 2.45) is 0 Å². The Bertz CT molecular complexity index is 772. The first-order chi connectivity index (χ1) is 11.3. The molecule has 1 aliphatic heterocycles. The van der Waals surface area contributed by atoms with Gasteiger partial charge in [-0.2, -0.15) is 13.2 Å². The van der Waals surface area contributed by atoms with E-state index in [4.69, 9.17) is 11.6 Å². The average Bonchev–Trinajstić information content (AvgIpc) is 2.55. The van der Waals surface area contributed by atoms with Crippen molar-refractivity contribution < 1.29 is 18.3 Å². The SMILES string of the molecule is Oc1ccc(C2=CCN(c3ncc(C(F)(F)F)cc3Cl)CC2)cc1. The van der Waals surface area contributed by atoms with Crippen molar-refractivity contribution in [1.29, 1.82) is 0 Å². The fraction of sp³-hybridized carbons (Fsp3) is 0.235. The van der Waals surface area contributed by atoms with E-state index in [0.29, 0.717) is 25.3 Å². The molecule has 0 aliphatic carbocycles. The molecular weight excluding hydrogens is 341 g/mol. The number of hydrogen-bond donors (Lipinski definition) is 1. The van der Waals surface area contributed by atoms with Gasteiger partial charge in [0.05, 0.1) is 10.6 Å². The van der Waals surface area contributed by atoms with Crippen LogP contribution >= 0.6 is 11.6 Å². The van der Waals surface area contributed by atoms with Crippen LogP contribution in [0.25, 0.3) is 5.57 Å². The summed E-state index contributed by atoms with van der Waals surface area (Å²) in [5.41, 5.74) is 1.28. The molecule has 2 aromatic rings. The maximum atomic E-state index is 12.7. The second-order valence-electron chi connectivity index (χ2n) is 5.50. The largest absolute Gasteiger partial charge is 0.508 e. The van der Waals surface area contributed by atoms with Gasteiger partial charge in [0.2, 0.25) is 0 Å². The molecule has 0 saturated carbocycles. The van der Waals surface area contributed by atoms with Crippen molar-refractivity contribution in [3.8, 4) is 5.75 Å². The molecule has 0 saturated heterocycles. The van der Waals surface area contributed by atoms with Crippen LogP contribution in [0.3, 0.4) is 0 Å². The Labute approximate surface area is 142 Å². The molecule has 1 N–H and O–H groups in total. The van der Waals surface area contributed by atoms with Crippen LogP contribution in [-0.2, 0) is 6.18 Å². The number of hydrogen-bond acceptors (Lipinski definition) is 3. The van der Waals surface area contributed by atoms with E-state index >= 15 is 0 Å². The topological polar surface area (TPSA) is 36.4 Å². The number of benzene rings is 1. The predicted octanol–water partition coefficient (Wildman–Crippen LogP) is 4.75. The molecule has 24 heavy (non-hydrogen) atoms. The molecule has 3 nitrogen and oxygen atoms in total. The van der Waals surface area contributed by atoms with Crippen LogP contribution in [0.15, 0.2) is 42.6 Å². The van der Waals surface area contributed by atoms with E-state index in [0.717, 1.165) is 23.4 Å². The fourth-order valence-corrected chi connectivity index (χ4v) is 2.90. The second-order valence-corrected chi connectivity index (χ2v) is 5.91. The minimum absolute atomic E-state index is 0.00805. The Morgan fingerprint density at radius 3 is 2.42 bits per heavy atom. The number of rotatable bonds is 2. The number of phenols is 1. The van der Waals surface area contributed by atoms with Gasteiger partial charge in [0.1, 0.15) is 11.6 Å². The lowest BCUT2D eigenvalue weighted by molar-refractivity contribution is -0.137. The van der Waals surface area contributed by atoms with Crippen LogP contribution in [0.4, 0.5) is 19.0 Å². The minimum atomic E-state index is -4.46. The number of aromatic nitrogens is 1. The molecule has 1 aliphatic rings. The van der Waals surface area contributed by atoms with Crippen LogP contribution in [0.2, 0.25) is 5.02 Å². The van der Waals surface area contributed by atoms with Crippen LogP contribution < -0.4 is 4.90 Å². The summed E-state index contributed by atoms with van der Waals surface area (Å²) in [6.45, 7) is 1.11. The molecule has 0 unspecified atom stereocenters. The molecule has 0 radical (unpaired) electrons. The van der Waals surface area contributed by atoms with E-state index in [-0.39, 0.29) is 10.8 Å². The third kappa shape index (κ3) is 3.48. The summed E-state index contributed by atoms with van der Waals surface area (Å²) in [5.74, 6) is 0.559. The Kier molecular flexibility index (Phi) is 4.41. The van der Waals surface area contributed by atoms with Crippen molar-refractivity contribution in [2.45, 2.75) is 12.6 Å². The van der Waals surface area contributed by atoms with Crippen molar-refractivity contribution >= 4 is 23.0 Å². The number of aromatic hydroxyl groups is 1. The Morgan fingerprint density at radius 2 is 1.88 bits per heavy atom. The summed E-state index contributed by atoms with van der Waals surface area (Å²) < 4.78 is 38.0. The summed E-state index contributed by atoms with van der Waals surface area (Å²) in [4.78, 5) is 5.73. The minimum Gasteiger partial charge on any atom is -0.508 e. The highest BCUT2D eigenvalue weighted by Gasteiger charge is 2.32. The normalized spacial score (nSPS) is 15.3. The molecule has 7 heteroatoms. The molecule has 0 amide bonds. The van der Waals surface area contributed by atoms with Gasteiger partial charge in [-0.05, 0) is 35.8 Å². The van der Waals surface area contributed by atoms with Gasteiger partial charge in [-0.3, -0.25) is 0 Å². The smallest absolute Gasteiger partial charge is 0.417 e. The van der Waals surface area contributed by atoms with Crippen LogP contribution in [-0.4, -0.2) is 23.2 Å². The number of pyridine rings is 1. The summed E-state index contributed by atoms with van der Waals surface area (Å²) in [6, 6.07) is 7.82. The van der Waals surface area contributed by atoms with Crippen LogP contribution in [0.1, 0.15) is 17.5 Å². The third-order valence-corrected chi connectivity index (χ3v) is 4.17. The number of alkyl halides is 3. The van der Waals surface area contributed by atoms with E-state index in [1.54, 1.807) is 12.1 Å². The molecule has 2 heterocycles. The van der Waals surface area contributed by atoms with Gasteiger partial charge in [-0.15, -0.1) is 0 Å². The Hall–Kier alpha value is -2.21. The maximum Gasteiger partial charge on any atom is 0.417 e.